The van der Waals surface area contributed by atoms with E-state index < -0.39 is 0 Å². The molecule has 0 aliphatic heterocycles. The summed E-state index contributed by atoms with van der Waals surface area (Å²) in [6.07, 6.45) is 7.15. The number of aromatic nitrogens is 3. The standard InChI is InChI=1S/C20H22N4O/c1-13-18(3-2-10-21-13)14-4-9-19-15(11-14)12-22-20(24-19)23-16-5-7-17(25)8-6-16/h2-4,9-12,16-17,25H,5-8H2,1H3,(H,22,23,24). The Labute approximate surface area is 147 Å². The quantitative estimate of drug-likeness (QED) is 0.764. The van der Waals surface area contributed by atoms with Gasteiger partial charge >= 0.3 is 0 Å². The SMILES string of the molecule is Cc1ncccc1-c1ccc2nc(NC3CCC(O)CC3)ncc2c1. The van der Waals surface area contributed by atoms with Crippen molar-refractivity contribution in [3.63, 3.8) is 0 Å². The Morgan fingerprint density at radius 3 is 2.72 bits per heavy atom. The number of fused-ring (bicyclic) bond motifs is 1. The van der Waals surface area contributed by atoms with Gasteiger partial charge in [-0.3, -0.25) is 4.98 Å². The zero-order chi connectivity index (χ0) is 17.2. The highest BCUT2D eigenvalue weighted by Gasteiger charge is 2.19. The summed E-state index contributed by atoms with van der Waals surface area (Å²) in [7, 11) is 0. The van der Waals surface area contributed by atoms with E-state index in [1.54, 1.807) is 0 Å². The van der Waals surface area contributed by atoms with Crippen molar-refractivity contribution in [1.29, 1.82) is 0 Å². The summed E-state index contributed by atoms with van der Waals surface area (Å²) < 4.78 is 0. The predicted molar refractivity (Wildman–Crippen MR) is 99.4 cm³/mol. The molecular formula is C20H22N4O. The third kappa shape index (κ3) is 3.46. The Morgan fingerprint density at radius 1 is 1.08 bits per heavy atom. The molecule has 2 heterocycles. The van der Waals surface area contributed by atoms with E-state index in [0.717, 1.165) is 53.4 Å². The van der Waals surface area contributed by atoms with Crippen molar-refractivity contribution in [2.75, 3.05) is 5.32 Å². The van der Waals surface area contributed by atoms with Crippen molar-refractivity contribution < 1.29 is 5.11 Å². The van der Waals surface area contributed by atoms with Crippen LogP contribution >= 0.6 is 0 Å². The lowest BCUT2D eigenvalue weighted by atomic mass is 9.93. The number of benzene rings is 1. The van der Waals surface area contributed by atoms with Crippen molar-refractivity contribution in [3.8, 4) is 11.1 Å². The van der Waals surface area contributed by atoms with Crippen molar-refractivity contribution >= 4 is 16.9 Å². The minimum Gasteiger partial charge on any atom is -0.393 e. The van der Waals surface area contributed by atoms with Gasteiger partial charge in [-0.25, -0.2) is 9.97 Å². The van der Waals surface area contributed by atoms with Crippen LogP contribution in [0.15, 0.2) is 42.7 Å². The molecule has 5 nitrogen and oxygen atoms in total. The summed E-state index contributed by atoms with van der Waals surface area (Å²) in [4.78, 5) is 13.5. The van der Waals surface area contributed by atoms with Gasteiger partial charge < -0.3 is 10.4 Å². The van der Waals surface area contributed by atoms with Gasteiger partial charge in [0.2, 0.25) is 5.95 Å². The molecule has 0 saturated heterocycles. The highest BCUT2D eigenvalue weighted by molar-refractivity contribution is 5.84. The van der Waals surface area contributed by atoms with Crippen LogP contribution in [-0.2, 0) is 0 Å². The second-order valence-corrected chi connectivity index (χ2v) is 6.75. The Kier molecular flexibility index (Phi) is 4.32. The first-order valence-electron chi connectivity index (χ1n) is 8.82. The van der Waals surface area contributed by atoms with Crippen molar-refractivity contribution in [3.05, 3.63) is 48.4 Å². The summed E-state index contributed by atoms with van der Waals surface area (Å²) >= 11 is 0. The average molecular weight is 334 g/mol. The van der Waals surface area contributed by atoms with E-state index in [0.29, 0.717) is 12.0 Å². The van der Waals surface area contributed by atoms with Crippen LogP contribution in [0.3, 0.4) is 0 Å². The zero-order valence-electron chi connectivity index (χ0n) is 14.3. The molecule has 1 fully saturated rings. The molecule has 0 radical (unpaired) electrons. The minimum absolute atomic E-state index is 0.148. The van der Waals surface area contributed by atoms with E-state index in [-0.39, 0.29) is 6.10 Å². The third-order valence-electron chi connectivity index (χ3n) is 4.93. The van der Waals surface area contributed by atoms with Crippen LogP contribution in [0.5, 0.6) is 0 Å². The first-order chi connectivity index (χ1) is 12.2. The molecule has 0 spiro atoms. The second kappa shape index (κ2) is 6.76. The van der Waals surface area contributed by atoms with Gasteiger partial charge in [-0.2, -0.15) is 0 Å². The molecule has 3 aromatic rings. The van der Waals surface area contributed by atoms with Crippen LogP contribution in [0.25, 0.3) is 22.0 Å². The topological polar surface area (TPSA) is 70.9 Å². The molecule has 0 amide bonds. The molecule has 1 aromatic carbocycles. The van der Waals surface area contributed by atoms with E-state index >= 15 is 0 Å². The van der Waals surface area contributed by atoms with Gasteiger partial charge in [0.1, 0.15) is 0 Å². The minimum atomic E-state index is -0.148. The highest BCUT2D eigenvalue weighted by atomic mass is 16.3. The molecular weight excluding hydrogens is 312 g/mol. The Hall–Kier alpha value is -2.53. The van der Waals surface area contributed by atoms with Crippen LogP contribution in [0.4, 0.5) is 5.95 Å². The third-order valence-corrected chi connectivity index (χ3v) is 4.93. The van der Waals surface area contributed by atoms with Gasteiger partial charge in [-0.15, -0.1) is 0 Å². The largest absolute Gasteiger partial charge is 0.393 e. The number of aliphatic hydroxyl groups is 1. The summed E-state index contributed by atoms with van der Waals surface area (Å²) in [6.45, 7) is 2.02. The molecule has 2 N–H and O–H groups in total. The molecule has 25 heavy (non-hydrogen) atoms. The van der Waals surface area contributed by atoms with Crippen LogP contribution < -0.4 is 5.32 Å². The fourth-order valence-electron chi connectivity index (χ4n) is 3.46. The average Bonchev–Trinajstić information content (AvgIpc) is 2.64. The molecule has 2 aromatic heterocycles. The maximum absolute atomic E-state index is 9.61. The Morgan fingerprint density at radius 2 is 1.92 bits per heavy atom. The smallest absolute Gasteiger partial charge is 0.223 e. The van der Waals surface area contributed by atoms with Gasteiger partial charge in [-0.1, -0.05) is 12.1 Å². The van der Waals surface area contributed by atoms with Crippen LogP contribution in [0.2, 0.25) is 0 Å². The summed E-state index contributed by atoms with van der Waals surface area (Å²) in [6, 6.07) is 10.6. The van der Waals surface area contributed by atoms with E-state index in [1.165, 1.54) is 0 Å². The molecule has 1 aliphatic rings. The van der Waals surface area contributed by atoms with Crippen molar-refractivity contribution in [2.45, 2.75) is 44.8 Å². The summed E-state index contributed by atoms with van der Waals surface area (Å²) in [5.74, 6) is 0.666. The van der Waals surface area contributed by atoms with Crippen LogP contribution in [-0.4, -0.2) is 32.2 Å². The molecule has 0 bridgehead atoms. The number of aliphatic hydroxyl groups excluding tert-OH is 1. The number of nitrogens with zero attached hydrogens (tertiary/aromatic N) is 3. The number of hydrogen-bond donors (Lipinski definition) is 2. The lowest BCUT2D eigenvalue weighted by molar-refractivity contribution is 0.126. The summed E-state index contributed by atoms with van der Waals surface area (Å²) in [5, 5.41) is 14.0. The number of hydrogen-bond acceptors (Lipinski definition) is 5. The van der Waals surface area contributed by atoms with Gasteiger partial charge in [0.05, 0.1) is 11.6 Å². The van der Waals surface area contributed by atoms with Gasteiger partial charge in [0.15, 0.2) is 0 Å². The van der Waals surface area contributed by atoms with E-state index in [9.17, 15) is 5.11 Å². The van der Waals surface area contributed by atoms with E-state index in [2.05, 4.69) is 38.5 Å². The molecule has 4 rings (SSSR count). The van der Waals surface area contributed by atoms with E-state index in [4.69, 9.17) is 0 Å². The molecule has 1 aliphatic carbocycles. The number of aryl methyl sites for hydroxylation is 1. The Balaban J connectivity index is 1.58. The maximum atomic E-state index is 9.61. The van der Waals surface area contributed by atoms with Crippen molar-refractivity contribution in [2.24, 2.45) is 0 Å². The molecule has 0 unspecified atom stereocenters. The fourth-order valence-corrected chi connectivity index (χ4v) is 3.46. The summed E-state index contributed by atoms with van der Waals surface area (Å²) in [5.41, 5.74) is 4.20. The van der Waals surface area contributed by atoms with Gasteiger partial charge in [0, 0.05) is 35.1 Å². The first-order valence-corrected chi connectivity index (χ1v) is 8.82. The lowest BCUT2D eigenvalue weighted by Crippen LogP contribution is -2.28. The number of anilines is 1. The molecule has 5 heteroatoms. The number of rotatable bonds is 3. The zero-order valence-corrected chi connectivity index (χ0v) is 14.3. The fraction of sp³-hybridized carbons (Fsp3) is 0.350. The van der Waals surface area contributed by atoms with Crippen LogP contribution in [0.1, 0.15) is 31.4 Å². The number of pyridine rings is 1. The normalized spacial score (nSPS) is 20.6. The molecule has 128 valence electrons. The second-order valence-electron chi connectivity index (χ2n) is 6.75. The lowest BCUT2D eigenvalue weighted by Gasteiger charge is -2.26. The van der Waals surface area contributed by atoms with Crippen molar-refractivity contribution in [1.82, 2.24) is 15.0 Å². The van der Waals surface area contributed by atoms with Crippen LogP contribution in [0, 0.1) is 6.92 Å². The monoisotopic (exact) mass is 334 g/mol. The van der Waals surface area contributed by atoms with E-state index in [1.807, 2.05) is 31.5 Å². The first kappa shape index (κ1) is 16.0. The predicted octanol–water partition coefficient (Wildman–Crippen LogP) is 3.72. The Bertz CT molecular complexity index is 888. The van der Waals surface area contributed by atoms with Gasteiger partial charge in [-0.05, 0) is 56.4 Å². The van der Waals surface area contributed by atoms with Gasteiger partial charge in [0.25, 0.3) is 0 Å². The highest BCUT2D eigenvalue weighted by Crippen LogP contribution is 2.26. The molecule has 1 saturated carbocycles. The maximum Gasteiger partial charge on any atom is 0.223 e. The molecule has 0 atom stereocenters. The number of nitrogens with one attached hydrogen (secondary N) is 1.